The lowest BCUT2D eigenvalue weighted by Crippen LogP contribution is -2.32. The van der Waals surface area contributed by atoms with Gasteiger partial charge in [0.05, 0.1) is 0 Å². The fraction of sp³-hybridized carbons (Fsp3) is 0.480. The van der Waals surface area contributed by atoms with Gasteiger partial charge in [0.2, 0.25) is 0 Å². The Morgan fingerprint density at radius 3 is 2.75 bits per heavy atom. The molecule has 2 atom stereocenters. The summed E-state index contributed by atoms with van der Waals surface area (Å²) in [6.45, 7) is 10.1. The Morgan fingerprint density at radius 1 is 1.14 bits per heavy atom. The lowest BCUT2D eigenvalue weighted by molar-refractivity contribution is 0.495. The molecule has 0 saturated carbocycles. The Morgan fingerprint density at radius 2 is 2.00 bits per heavy atom. The van der Waals surface area contributed by atoms with Gasteiger partial charge in [-0.15, -0.1) is 0 Å². The average molecular weight is 374 g/mol. The van der Waals surface area contributed by atoms with Crippen molar-refractivity contribution < 1.29 is 0 Å². The molecule has 28 heavy (non-hydrogen) atoms. The maximum atomic E-state index is 4.49. The summed E-state index contributed by atoms with van der Waals surface area (Å²) in [6, 6.07) is 10.3. The quantitative estimate of drug-likeness (QED) is 0.666. The molecule has 3 heteroatoms. The minimum absolute atomic E-state index is 0.541. The molecule has 3 aromatic rings. The first kappa shape index (κ1) is 17.9. The zero-order chi connectivity index (χ0) is 19.4. The number of benzene rings is 1. The van der Waals surface area contributed by atoms with Crippen LogP contribution in [0.3, 0.4) is 0 Å². The van der Waals surface area contributed by atoms with Crippen LogP contribution in [-0.2, 0) is 19.4 Å². The number of fused-ring (bicyclic) bond motifs is 6. The van der Waals surface area contributed by atoms with Gasteiger partial charge in [0.15, 0.2) is 0 Å². The topological polar surface area (TPSA) is 29.9 Å². The van der Waals surface area contributed by atoms with Crippen molar-refractivity contribution >= 4 is 10.9 Å². The molecule has 2 aromatic heterocycles. The van der Waals surface area contributed by atoms with E-state index < -0.39 is 0 Å². The van der Waals surface area contributed by atoms with Crippen LogP contribution in [0.2, 0.25) is 0 Å². The molecule has 146 valence electrons. The van der Waals surface area contributed by atoms with Crippen LogP contribution in [0.25, 0.3) is 10.9 Å². The number of nitrogens with zero attached hydrogens (tertiary/aromatic N) is 2. The summed E-state index contributed by atoms with van der Waals surface area (Å²) in [6.07, 6.45) is 6.84. The number of hydrogen-bond donors (Lipinski definition) is 1. The molecule has 1 N–H and O–H groups in total. The Labute approximate surface area is 168 Å². The molecule has 2 aliphatic rings. The fourth-order valence-electron chi connectivity index (χ4n) is 5.52. The molecule has 0 amide bonds. The standard InChI is InChI=1S/C25H31N3/c1-15(2)20-8-10-22-24(17(20)4)25-21-9-7-19(27-21)13-23(25)28(22)12-11-18-6-5-16(3)26-14-18/h5-6,8,10,14-15,19,21,27H,7,9,11-13H2,1-4H3. The highest BCUT2D eigenvalue weighted by Crippen LogP contribution is 2.44. The molecule has 0 aliphatic carbocycles. The summed E-state index contributed by atoms with van der Waals surface area (Å²) < 4.78 is 2.63. The van der Waals surface area contributed by atoms with Crippen molar-refractivity contribution in [3.63, 3.8) is 0 Å². The number of nitrogens with one attached hydrogen (secondary N) is 1. The zero-order valence-corrected chi connectivity index (χ0v) is 17.5. The molecule has 4 heterocycles. The molecule has 0 radical (unpaired) electrons. The van der Waals surface area contributed by atoms with E-state index in [4.69, 9.17) is 0 Å². The van der Waals surface area contributed by atoms with Gasteiger partial charge in [0, 0.05) is 53.5 Å². The second-order valence-electron chi connectivity index (χ2n) is 9.10. The van der Waals surface area contributed by atoms with Crippen LogP contribution >= 0.6 is 0 Å². The van der Waals surface area contributed by atoms with E-state index in [0.717, 1.165) is 18.7 Å². The van der Waals surface area contributed by atoms with E-state index in [1.165, 1.54) is 46.9 Å². The second kappa shape index (κ2) is 6.73. The van der Waals surface area contributed by atoms with Crippen molar-refractivity contribution in [3.05, 3.63) is 64.1 Å². The third kappa shape index (κ3) is 2.79. The molecule has 0 spiro atoms. The van der Waals surface area contributed by atoms with Gasteiger partial charge < -0.3 is 9.88 Å². The van der Waals surface area contributed by atoms with E-state index in [0.29, 0.717) is 18.0 Å². The van der Waals surface area contributed by atoms with Crippen molar-refractivity contribution in [1.29, 1.82) is 0 Å². The molecule has 1 aromatic carbocycles. The van der Waals surface area contributed by atoms with E-state index >= 15 is 0 Å². The van der Waals surface area contributed by atoms with Gasteiger partial charge in [-0.2, -0.15) is 0 Å². The van der Waals surface area contributed by atoms with E-state index in [-0.39, 0.29) is 0 Å². The van der Waals surface area contributed by atoms with E-state index in [1.54, 1.807) is 11.3 Å². The summed E-state index contributed by atoms with van der Waals surface area (Å²) >= 11 is 0. The van der Waals surface area contributed by atoms with Crippen LogP contribution in [0.1, 0.15) is 72.3 Å². The Balaban J connectivity index is 1.63. The second-order valence-corrected chi connectivity index (χ2v) is 9.10. The minimum atomic E-state index is 0.541. The zero-order valence-electron chi connectivity index (χ0n) is 17.5. The molecule has 2 bridgehead atoms. The van der Waals surface area contributed by atoms with Crippen LogP contribution in [-0.4, -0.2) is 15.6 Å². The predicted octanol–water partition coefficient (Wildman–Crippen LogP) is 5.37. The third-order valence-corrected chi connectivity index (χ3v) is 6.93. The summed E-state index contributed by atoms with van der Waals surface area (Å²) in [7, 11) is 0. The van der Waals surface area contributed by atoms with Crippen molar-refractivity contribution in [2.75, 3.05) is 0 Å². The number of hydrogen-bond acceptors (Lipinski definition) is 2. The number of aryl methyl sites for hydroxylation is 4. The van der Waals surface area contributed by atoms with Crippen LogP contribution < -0.4 is 5.32 Å². The van der Waals surface area contributed by atoms with Crippen LogP contribution in [0.15, 0.2) is 30.5 Å². The van der Waals surface area contributed by atoms with Gasteiger partial charge in [0.1, 0.15) is 0 Å². The highest BCUT2D eigenvalue weighted by atomic mass is 15.1. The van der Waals surface area contributed by atoms with Crippen molar-refractivity contribution in [1.82, 2.24) is 14.9 Å². The lowest BCUT2D eigenvalue weighted by atomic mass is 9.91. The maximum absolute atomic E-state index is 4.49. The van der Waals surface area contributed by atoms with E-state index in [9.17, 15) is 0 Å². The average Bonchev–Trinajstić information content (AvgIpc) is 3.21. The van der Waals surface area contributed by atoms with Crippen molar-refractivity contribution in [2.45, 2.75) is 77.9 Å². The summed E-state index contributed by atoms with van der Waals surface area (Å²) in [5, 5.41) is 5.41. The molecule has 2 unspecified atom stereocenters. The first-order valence-corrected chi connectivity index (χ1v) is 10.8. The number of aromatic nitrogens is 2. The summed E-state index contributed by atoms with van der Waals surface area (Å²) in [4.78, 5) is 4.49. The molecule has 1 saturated heterocycles. The highest BCUT2D eigenvalue weighted by Gasteiger charge is 2.37. The normalized spacial score (nSPS) is 20.9. The van der Waals surface area contributed by atoms with Gasteiger partial charge in [-0.3, -0.25) is 4.98 Å². The molecular formula is C25H31N3. The molecule has 1 fully saturated rings. The van der Waals surface area contributed by atoms with Gasteiger partial charge >= 0.3 is 0 Å². The van der Waals surface area contributed by atoms with Gasteiger partial charge in [0.25, 0.3) is 0 Å². The van der Waals surface area contributed by atoms with Gasteiger partial charge in [-0.1, -0.05) is 26.0 Å². The monoisotopic (exact) mass is 373 g/mol. The van der Waals surface area contributed by atoms with Crippen molar-refractivity contribution in [3.8, 4) is 0 Å². The van der Waals surface area contributed by atoms with Gasteiger partial charge in [-0.25, -0.2) is 0 Å². The first-order valence-electron chi connectivity index (χ1n) is 10.8. The first-order chi connectivity index (χ1) is 13.5. The Kier molecular flexibility index (Phi) is 4.31. The van der Waals surface area contributed by atoms with Crippen LogP contribution in [0.5, 0.6) is 0 Å². The number of pyridine rings is 1. The largest absolute Gasteiger partial charge is 0.344 e. The van der Waals surface area contributed by atoms with Crippen LogP contribution in [0, 0.1) is 13.8 Å². The highest BCUT2D eigenvalue weighted by molar-refractivity contribution is 5.90. The fourth-order valence-corrected chi connectivity index (χ4v) is 5.52. The Bertz CT molecular complexity index is 1030. The lowest BCUT2D eigenvalue weighted by Gasteiger charge is -2.24. The summed E-state index contributed by atoms with van der Waals surface area (Å²) in [5.41, 5.74) is 10.0. The number of rotatable bonds is 4. The van der Waals surface area contributed by atoms with Crippen molar-refractivity contribution in [2.24, 2.45) is 0 Å². The SMILES string of the molecule is Cc1ccc(CCn2c3c(c4c(C)c(C(C)C)ccc42)C2CCC(C3)N2)cn1. The van der Waals surface area contributed by atoms with E-state index in [1.807, 2.05) is 6.20 Å². The molecule has 5 rings (SSSR count). The minimum Gasteiger partial charge on any atom is -0.344 e. The maximum Gasteiger partial charge on any atom is 0.0489 e. The third-order valence-electron chi connectivity index (χ3n) is 6.93. The van der Waals surface area contributed by atoms with Crippen LogP contribution in [0.4, 0.5) is 0 Å². The summed E-state index contributed by atoms with van der Waals surface area (Å²) in [5.74, 6) is 0.565. The predicted molar refractivity (Wildman–Crippen MR) is 116 cm³/mol. The van der Waals surface area contributed by atoms with E-state index in [2.05, 4.69) is 66.8 Å². The molecular weight excluding hydrogens is 342 g/mol. The molecule has 2 aliphatic heterocycles. The Hall–Kier alpha value is -2.13. The van der Waals surface area contributed by atoms with Gasteiger partial charge in [-0.05, 0) is 73.4 Å². The smallest absolute Gasteiger partial charge is 0.0489 e. The molecule has 3 nitrogen and oxygen atoms in total.